The Labute approximate surface area is 185 Å². The third kappa shape index (κ3) is 7.04. The number of benzene rings is 3. The summed E-state index contributed by atoms with van der Waals surface area (Å²) in [5, 5.41) is 3.46. The standard InChI is InChI=1S/C27H31NO3/c1-2-6-22(7-3-1)8-4-18-29-25-16-12-24(13-17-25)28-20-23-10-14-26(15-11-23)31-21-27-9-5-19-30-27/h1-3,6-7,10-17,27-28H,4-5,8-9,18-21H2. The summed E-state index contributed by atoms with van der Waals surface area (Å²) in [6.07, 6.45) is 4.53. The molecule has 1 N–H and O–H groups in total. The van der Waals surface area contributed by atoms with E-state index >= 15 is 0 Å². The molecule has 0 radical (unpaired) electrons. The third-order valence-electron chi connectivity index (χ3n) is 5.46. The van der Waals surface area contributed by atoms with Crippen LogP contribution in [0.5, 0.6) is 11.5 Å². The number of anilines is 1. The van der Waals surface area contributed by atoms with E-state index in [4.69, 9.17) is 14.2 Å². The minimum atomic E-state index is 0.247. The molecule has 3 aromatic carbocycles. The molecule has 1 heterocycles. The maximum Gasteiger partial charge on any atom is 0.119 e. The fourth-order valence-electron chi connectivity index (χ4n) is 3.65. The molecule has 1 atom stereocenters. The van der Waals surface area contributed by atoms with Crippen molar-refractivity contribution in [3.63, 3.8) is 0 Å². The molecule has 0 amide bonds. The van der Waals surface area contributed by atoms with Crippen molar-refractivity contribution in [1.29, 1.82) is 0 Å². The fraction of sp³-hybridized carbons (Fsp3) is 0.333. The van der Waals surface area contributed by atoms with Gasteiger partial charge in [-0.15, -0.1) is 0 Å². The molecule has 1 aliphatic rings. The van der Waals surface area contributed by atoms with Gasteiger partial charge in [-0.2, -0.15) is 0 Å². The molecule has 4 heteroatoms. The van der Waals surface area contributed by atoms with Gasteiger partial charge in [0.2, 0.25) is 0 Å². The van der Waals surface area contributed by atoms with Crippen molar-refractivity contribution in [1.82, 2.24) is 0 Å². The van der Waals surface area contributed by atoms with Gasteiger partial charge in [0.05, 0.1) is 12.7 Å². The van der Waals surface area contributed by atoms with Crippen molar-refractivity contribution in [3.05, 3.63) is 90.0 Å². The average Bonchev–Trinajstić information content (AvgIpc) is 3.35. The highest BCUT2D eigenvalue weighted by molar-refractivity contribution is 5.47. The van der Waals surface area contributed by atoms with Gasteiger partial charge in [-0.1, -0.05) is 42.5 Å². The van der Waals surface area contributed by atoms with Crippen LogP contribution in [0.1, 0.15) is 30.4 Å². The molecule has 162 valence electrons. The predicted octanol–water partition coefficient (Wildman–Crippen LogP) is 5.87. The van der Waals surface area contributed by atoms with Crippen LogP contribution in [0.3, 0.4) is 0 Å². The van der Waals surface area contributed by atoms with E-state index in [0.29, 0.717) is 6.61 Å². The normalized spacial score (nSPS) is 15.5. The molecule has 0 aromatic heterocycles. The van der Waals surface area contributed by atoms with Gasteiger partial charge in [-0.05, 0) is 73.2 Å². The molecular formula is C27H31NO3. The van der Waals surface area contributed by atoms with E-state index in [1.807, 2.05) is 30.3 Å². The highest BCUT2D eigenvalue weighted by Gasteiger charge is 2.15. The Bertz CT molecular complexity index is 888. The lowest BCUT2D eigenvalue weighted by Gasteiger charge is -2.12. The largest absolute Gasteiger partial charge is 0.494 e. The molecule has 1 aliphatic heterocycles. The summed E-state index contributed by atoms with van der Waals surface area (Å²) in [4.78, 5) is 0. The van der Waals surface area contributed by atoms with Gasteiger partial charge in [-0.3, -0.25) is 0 Å². The zero-order valence-electron chi connectivity index (χ0n) is 18.0. The SMILES string of the molecule is c1ccc(CCCOc2ccc(NCc3ccc(OCC4CCCO4)cc3)cc2)cc1. The lowest BCUT2D eigenvalue weighted by atomic mass is 10.1. The summed E-state index contributed by atoms with van der Waals surface area (Å²) in [7, 11) is 0. The zero-order chi connectivity index (χ0) is 21.1. The van der Waals surface area contributed by atoms with Gasteiger partial charge in [0.25, 0.3) is 0 Å². The predicted molar refractivity (Wildman–Crippen MR) is 125 cm³/mol. The molecule has 1 unspecified atom stereocenters. The Kier molecular flexibility index (Phi) is 7.83. The summed E-state index contributed by atoms with van der Waals surface area (Å²) in [6.45, 7) is 2.99. The van der Waals surface area contributed by atoms with Gasteiger partial charge in [0.15, 0.2) is 0 Å². The topological polar surface area (TPSA) is 39.7 Å². The van der Waals surface area contributed by atoms with Crippen molar-refractivity contribution in [2.75, 3.05) is 25.1 Å². The highest BCUT2D eigenvalue weighted by atomic mass is 16.5. The van der Waals surface area contributed by atoms with Crippen LogP contribution in [0.25, 0.3) is 0 Å². The molecule has 1 saturated heterocycles. The minimum absolute atomic E-state index is 0.247. The summed E-state index contributed by atoms with van der Waals surface area (Å²) in [5.41, 5.74) is 3.65. The van der Waals surface area contributed by atoms with E-state index in [1.54, 1.807) is 0 Å². The molecule has 1 fully saturated rings. The summed E-state index contributed by atoms with van der Waals surface area (Å²) >= 11 is 0. The van der Waals surface area contributed by atoms with Crippen LogP contribution in [-0.2, 0) is 17.7 Å². The van der Waals surface area contributed by atoms with Gasteiger partial charge in [-0.25, -0.2) is 0 Å². The Morgan fingerprint density at radius 3 is 2.29 bits per heavy atom. The van der Waals surface area contributed by atoms with Crippen molar-refractivity contribution in [2.45, 2.75) is 38.3 Å². The second-order valence-corrected chi connectivity index (χ2v) is 7.91. The van der Waals surface area contributed by atoms with Gasteiger partial charge >= 0.3 is 0 Å². The number of aryl methyl sites for hydroxylation is 1. The lowest BCUT2D eigenvalue weighted by Crippen LogP contribution is -2.16. The molecule has 0 saturated carbocycles. The first kappa shape index (κ1) is 21.3. The van der Waals surface area contributed by atoms with Crippen molar-refractivity contribution >= 4 is 5.69 Å². The van der Waals surface area contributed by atoms with E-state index in [9.17, 15) is 0 Å². The van der Waals surface area contributed by atoms with Gasteiger partial charge in [0, 0.05) is 18.8 Å². The maximum atomic E-state index is 5.87. The number of hydrogen-bond donors (Lipinski definition) is 1. The van der Waals surface area contributed by atoms with Crippen LogP contribution in [0.4, 0.5) is 5.69 Å². The Balaban J connectivity index is 1.15. The molecule has 0 spiro atoms. The molecule has 4 nitrogen and oxygen atoms in total. The lowest BCUT2D eigenvalue weighted by molar-refractivity contribution is 0.0679. The maximum absolute atomic E-state index is 5.87. The van der Waals surface area contributed by atoms with Crippen LogP contribution in [-0.4, -0.2) is 25.9 Å². The van der Waals surface area contributed by atoms with Gasteiger partial charge < -0.3 is 19.5 Å². The van der Waals surface area contributed by atoms with Gasteiger partial charge in [0.1, 0.15) is 18.1 Å². The minimum Gasteiger partial charge on any atom is -0.494 e. The number of ether oxygens (including phenoxy) is 3. The zero-order valence-corrected chi connectivity index (χ0v) is 18.0. The number of rotatable bonds is 11. The molecule has 4 rings (SSSR count). The molecule has 3 aromatic rings. The first-order valence-corrected chi connectivity index (χ1v) is 11.2. The van der Waals surface area contributed by atoms with Crippen LogP contribution in [0, 0.1) is 0 Å². The third-order valence-corrected chi connectivity index (χ3v) is 5.46. The highest BCUT2D eigenvalue weighted by Crippen LogP contribution is 2.19. The van der Waals surface area contributed by atoms with Crippen LogP contribution < -0.4 is 14.8 Å². The molecule has 0 bridgehead atoms. The van der Waals surface area contributed by atoms with E-state index in [1.165, 1.54) is 11.1 Å². The van der Waals surface area contributed by atoms with E-state index in [-0.39, 0.29) is 6.10 Å². The summed E-state index contributed by atoms with van der Waals surface area (Å²) < 4.78 is 17.3. The number of hydrogen-bond acceptors (Lipinski definition) is 4. The molecule has 31 heavy (non-hydrogen) atoms. The second-order valence-electron chi connectivity index (χ2n) is 7.91. The first-order chi connectivity index (χ1) is 15.3. The monoisotopic (exact) mass is 417 g/mol. The Morgan fingerprint density at radius 1 is 0.806 bits per heavy atom. The molecule has 0 aliphatic carbocycles. The smallest absolute Gasteiger partial charge is 0.119 e. The fourth-order valence-corrected chi connectivity index (χ4v) is 3.65. The summed E-state index contributed by atoms with van der Waals surface area (Å²) in [6, 6.07) is 26.9. The van der Waals surface area contributed by atoms with Crippen molar-refractivity contribution < 1.29 is 14.2 Å². The van der Waals surface area contributed by atoms with E-state index < -0.39 is 0 Å². The second kappa shape index (κ2) is 11.4. The van der Waals surface area contributed by atoms with Crippen molar-refractivity contribution in [3.8, 4) is 11.5 Å². The Hall–Kier alpha value is -2.98. The van der Waals surface area contributed by atoms with Crippen LogP contribution in [0.2, 0.25) is 0 Å². The molecular weight excluding hydrogens is 386 g/mol. The van der Waals surface area contributed by atoms with Crippen molar-refractivity contribution in [2.24, 2.45) is 0 Å². The van der Waals surface area contributed by atoms with E-state index in [2.05, 4.69) is 53.8 Å². The Morgan fingerprint density at radius 2 is 1.55 bits per heavy atom. The van der Waals surface area contributed by atoms with Crippen LogP contribution >= 0.6 is 0 Å². The van der Waals surface area contributed by atoms with E-state index in [0.717, 1.165) is 62.6 Å². The number of nitrogens with one attached hydrogen (secondary N) is 1. The quantitative estimate of drug-likeness (QED) is 0.396. The summed E-state index contributed by atoms with van der Waals surface area (Å²) in [5.74, 6) is 1.80. The first-order valence-electron chi connectivity index (χ1n) is 11.2. The average molecular weight is 418 g/mol. The van der Waals surface area contributed by atoms with Crippen LogP contribution in [0.15, 0.2) is 78.9 Å².